The molecule has 0 fully saturated rings. The average molecular weight is 743 g/mol. The molecular formula is C38H46N8O6S. The van der Waals surface area contributed by atoms with Gasteiger partial charge in [-0.05, 0) is 49.3 Å². The highest BCUT2D eigenvalue weighted by atomic mass is 32.1. The highest BCUT2D eigenvalue weighted by molar-refractivity contribution is 7.09. The molecule has 0 saturated heterocycles. The molecule has 0 radical (unpaired) electrons. The monoisotopic (exact) mass is 742 g/mol. The summed E-state index contributed by atoms with van der Waals surface area (Å²) in [4.78, 5) is 91.0. The molecular weight excluding hydrogens is 697 g/mol. The van der Waals surface area contributed by atoms with E-state index in [-0.39, 0.29) is 55.2 Å². The number of nitrogens with zero attached hydrogens (tertiary/aromatic N) is 3. The van der Waals surface area contributed by atoms with Gasteiger partial charge in [0.05, 0.1) is 12.6 Å². The fraction of sp³-hybridized carbons (Fsp3) is 0.395. The summed E-state index contributed by atoms with van der Waals surface area (Å²) in [5, 5.41) is 14.1. The molecule has 0 saturated carbocycles. The number of carbonyl (C=O) groups excluding carboxylic acids is 5. The van der Waals surface area contributed by atoms with Crippen LogP contribution in [-0.4, -0.2) is 94.1 Å². The molecule has 5 amide bonds. The largest absolute Gasteiger partial charge is 0.345 e. The molecule has 5 N–H and O–H groups in total. The van der Waals surface area contributed by atoms with E-state index in [1.165, 1.54) is 23.2 Å². The van der Waals surface area contributed by atoms with Crippen molar-refractivity contribution in [2.24, 2.45) is 5.92 Å². The highest BCUT2D eigenvalue weighted by Gasteiger charge is 2.31. The Bertz CT molecular complexity index is 2010. The lowest BCUT2D eigenvalue weighted by Crippen LogP contribution is -2.57. The lowest BCUT2D eigenvalue weighted by Gasteiger charge is -2.29. The molecule has 0 unspecified atom stereocenters. The van der Waals surface area contributed by atoms with Crippen LogP contribution in [-0.2, 0) is 32.1 Å². The van der Waals surface area contributed by atoms with Crippen molar-refractivity contribution in [3.8, 4) is 0 Å². The Morgan fingerprint density at radius 2 is 1.57 bits per heavy atom. The highest BCUT2D eigenvalue weighted by Crippen LogP contribution is 2.23. The molecule has 0 aliphatic carbocycles. The minimum Gasteiger partial charge on any atom is -0.345 e. The summed E-state index contributed by atoms with van der Waals surface area (Å²) in [5.41, 5.74) is 1.87. The third-order valence-corrected chi connectivity index (χ3v) is 10.1. The first-order valence-electron chi connectivity index (χ1n) is 17.6. The van der Waals surface area contributed by atoms with E-state index in [2.05, 4.69) is 31.2 Å². The van der Waals surface area contributed by atoms with Crippen LogP contribution in [0.1, 0.15) is 60.4 Å². The van der Waals surface area contributed by atoms with Crippen LogP contribution in [0.2, 0.25) is 0 Å². The first kappa shape index (κ1) is 38.8. The summed E-state index contributed by atoms with van der Waals surface area (Å²) in [7, 11) is 1.60. The number of H-pyrrole nitrogens is 1. The first-order valence-corrected chi connectivity index (χ1v) is 18.5. The molecule has 4 atom stereocenters. The van der Waals surface area contributed by atoms with E-state index in [0.717, 1.165) is 10.9 Å². The van der Waals surface area contributed by atoms with E-state index in [1.54, 1.807) is 44.2 Å². The number of pyridine rings is 1. The summed E-state index contributed by atoms with van der Waals surface area (Å²) >= 11 is 1.21. The van der Waals surface area contributed by atoms with Gasteiger partial charge in [0.25, 0.3) is 11.5 Å². The van der Waals surface area contributed by atoms with Crippen LogP contribution in [0.5, 0.6) is 0 Å². The van der Waals surface area contributed by atoms with Gasteiger partial charge in [-0.15, -0.1) is 11.3 Å². The van der Waals surface area contributed by atoms with Crippen LogP contribution >= 0.6 is 11.3 Å². The second-order valence-corrected chi connectivity index (χ2v) is 14.6. The number of aromatic amines is 1. The maximum Gasteiger partial charge on any atom is 0.271 e. The lowest BCUT2D eigenvalue weighted by atomic mass is 10.0. The van der Waals surface area contributed by atoms with Gasteiger partial charge in [-0.3, -0.25) is 33.7 Å². The van der Waals surface area contributed by atoms with Gasteiger partial charge in [0, 0.05) is 43.1 Å². The number of benzene rings is 2. The standard InChI is InChI=1S/C38H46N8O6S/c1-22(2)32-36(51)40-24(4)38(52)45(5)15-16-46(19-27-18-26-13-9-10-14-28(26)42-34(27)49)20-31(47)41-29(17-25-11-7-6-8-12-25)37-43-30(21-53-37)35(50)39-23(3)33(48)44-32/h6-14,18,21-24,29,32H,15-17,19-20H2,1-5H3,(H,39,50)(H,40,51)(H,41,47)(H,42,49)(H,44,48)/t23-,24+,29-,32-/m0/s1. The summed E-state index contributed by atoms with van der Waals surface area (Å²) in [6.07, 6.45) is 0.386. The Hall–Kier alpha value is -5.41. The fourth-order valence-electron chi connectivity index (χ4n) is 6.06. The molecule has 1 aliphatic rings. The van der Waals surface area contributed by atoms with Crippen LogP contribution in [0.15, 0.2) is 70.8 Å². The number of carbonyl (C=O) groups is 5. The topological polar surface area (TPSA) is 186 Å². The molecule has 0 spiro atoms. The number of nitrogens with one attached hydrogen (secondary N) is 5. The van der Waals surface area contributed by atoms with Crippen molar-refractivity contribution in [1.29, 1.82) is 0 Å². The molecule has 14 nitrogen and oxygen atoms in total. The third-order valence-electron chi connectivity index (χ3n) is 9.11. The smallest absolute Gasteiger partial charge is 0.271 e. The third kappa shape index (κ3) is 10.1. The number of thiazole rings is 1. The van der Waals surface area contributed by atoms with Crippen molar-refractivity contribution in [2.75, 3.05) is 26.7 Å². The Morgan fingerprint density at radius 3 is 2.30 bits per heavy atom. The zero-order valence-corrected chi connectivity index (χ0v) is 31.3. The molecule has 53 heavy (non-hydrogen) atoms. The van der Waals surface area contributed by atoms with Gasteiger partial charge in [-0.2, -0.15) is 0 Å². The van der Waals surface area contributed by atoms with E-state index in [0.29, 0.717) is 22.5 Å². The second kappa shape index (κ2) is 17.4. The predicted octanol–water partition coefficient (Wildman–Crippen LogP) is 2.12. The van der Waals surface area contributed by atoms with E-state index in [9.17, 15) is 28.8 Å². The van der Waals surface area contributed by atoms with Crippen molar-refractivity contribution in [2.45, 2.75) is 64.8 Å². The molecule has 4 aromatic rings. The maximum absolute atomic E-state index is 13.9. The van der Waals surface area contributed by atoms with Crippen molar-refractivity contribution < 1.29 is 24.0 Å². The summed E-state index contributed by atoms with van der Waals surface area (Å²) in [6, 6.07) is 15.2. The normalized spacial score (nSPS) is 21.8. The molecule has 2 aromatic carbocycles. The minimum absolute atomic E-state index is 0.0773. The van der Waals surface area contributed by atoms with Crippen LogP contribution in [0.25, 0.3) is 10.9 Å². The van der Waals surface area contributed by atoms with E-state index in [4.69, 9.17) is 0 Å². The molecule has 3 heterocycles. The van der Waals surface area contributed by atoms with Gasteiger partial charge < -0.3 is 31.2 Å². The van der Waals surface area contributed by atoms with Gasteiger partial charge in [0.1, 0.15) is 28.8 Å². The average Bonchev–Trinajstić information content (AvgIpc) is 3.63. The lowest BCUT2D eigenvalue weighted by molar-refractivity contribution is -0.136. The van der Waals surface area contributed by atoms with Crippen LogP contribution in [0, 0.1) is 5.92 Å². The van der Waals surface area contributed by atoms with Gasteiger partial charge in [0.15, 0.2) is 0 Å². The first-order chi connectivity index (χ1) is 25.3. The summed E-state index contributed by atoms with van der Waals surface area (Å²) in [6.45, 7) is 6.98. The van der Waals surface area contributed by atoms with Gasteiger partial charge in [-0.1, -0.05) is 62.4 Å². The van der Waals surface area contributed by atoms with Gasteiger partial charge in [-0.25, -0.2) is 4.98 Å². The predicted molar refractivity (Wildman–Crippen MR) is 202 cm³/mol. The van der Waals surface area contributed by atoms with E-state index >= 15 is 0 Å². The number of para-hydroxylation sites is 1. The van der Waals surface area contributed by atoms with Crippen LogP contribution in [0.4, 0.5) is 0 Å². The number of likely N-dealkylation sites (N-methyl/N-ethyl adjacent to an activating group) is 1. The zero-order valence-electron chi connectivity index (χ0n) is 30.5. The molecule has 1 aliphatic heterocycles. The van der Waals surface area contributed by atoms with Crippen LogP contribution < -0.4 is 26.8 Å². The number of aromatic nitrogens is 2. The van der Waals surface area contributed by atoms with Crippen molar-refractivity contribution in [3.63, 3.8) is 0 Å². The molecule has 2 bridgehead atoms. The van der Waals surface area contributed by atoms with E-state index in [1.807, 2.05) is 54.6 Å². The molecule has 5 rings (SSSR count). The van der Waals surface area contributed by atoms with Crippen molar-refractivity contribution in [3.05, 3.63) is 98.2 Å². The quantitative estimate of drug-likeness (QED) is 0.206. The number of hydrogen-bond donors (Lipinski definition) is 5. The Balaban J connectivity index is 1.48. The summed E-state index contributed by atoms with van der Waals surface area (Å²) < 4.78 is 0. The number of fused-ring (bicyclic) bond motifs is 3. The van der Waals surface area contributed by atoms with Crippen molar-refractivity contribution >= 4 is 51.8 Å². The number of hydrogen-bond acceptors (Lipinski definition) is 9. The minimum atomic E-state index is -1.01. The van der Waals surface area contributed by atoms with E-state index < -0.39 is 41.9 Å². The zero-order chi connectivity index (χ0) is 38.2. The summed E-state index contributed by atoms with van der Waals surface area (Å²) in [5.74, 6) is -2.78. The fourth-order valence-corrected chi connectivity index (χ4v) is 6.91. The molecule has 15 heteroatoms. The van der Waals surface area contributed by atoms with Gasteiger partial charge in [0.2, 0.25) is 23.6 Å². The maximum atomic E-state index is 13.9. The Labute approximate surface area is 311 Å². The van der Waals surface area contributed by atoms with Crippen LogP contribution in [0.3, 0.4) is 0 Å². The Morgan fingerprint density at radius 1 is 0.849 bits per heavy atom. The Kier molecular flexibility index (Phi) is 12.7. The SMILES string of the molecule is CC(C)[C@@H]1NC(=O)[C@H](C)NC(=O)c2csc(n2)[C@H](Cc2ccccc2)NC(=O)CN(Cc2cc3ccccc3[nH]c2=O)CCN(C)C(=O)[C@@H](C)NC1=O. The molecule has 2 aromatic heterocycles. The number of rotatable bonds is 5. The molecule has 280 valence electrons. The second-order valence-electron chi connectivity index (χ2n) is 13.7. The van der Waals surface area contributed by atoms with Crippen molar-refractivity contribution in [1.82, 2.24) is 41.0 Å². The number of amides is 5. The van der Waals surface area contributed by atoms with Gasteiger partial charge >= 0.3 is 0 Å².